The minimum absolute atomic E-state index is 0. The van der Waals surface area contributed by atoms with Crippen LogP contribution in [0, 0.1) is 0 Å². The molecule has 102 valence electrons. The maximum Gasteiger partial charge on any atom is 0.251 e. The zero-order valence-corrected chi connectivity index (χ0v) is 11.8. The Morgan fingerprint density at radius 2 is 2.11 bits per heavy atom. The van der Waals surface area contributed by atoms with Crippen molar-refractivity contribution in [1.29, 1.82) is 0 Å². The molecule has 4 nitrogen and oxygen atoms in total. The van der Waals surface area contributed by atoms with Gasteiger partial charge in [-0.1, -0.05) is 6.07 Å². The predicted octanol–water partition coefficient (Wildman–Crippen LogP) is 1.97. The third-order valence-electron chi connectivity index (χ3n) is 2.37. The second-order valence-electron chi connectivity index (χ2n) is 4.50. The highest BCUT2D eigenvalue weighted by Crippen LogP contribution is 2.14. The van der Waals surface area contributed by atoms with Crippen molar-refractivity contribution in [1.82, 2.24) is 5.32 Å². The van der Waals surface area contributed by atoms with E-state index < -0.39 is 5.54 Å². The van der Waals surface area contributed by atoms with Gasteiger partial charge in [0.2, 0.25) is 0 Å². The number of carbonyl (C=O) groups excluding carboxylic acids is 1. The van der Waals surface area contributed by atoms with Crippen LogP contribution in [0.3, 0.4) is 0 Å². The summed E-state index contributed by atoms with van der Waals surface area (Å²) in [7, 11) is 0. The molecule has 1 aromatic carbocycles. The van der Waals surface area contributed by atoms with Crippen LogP contribution in [0.1, 0.15) is 31.1 Å². The predicted molar refractivity (Wildman–Crippen MR) is 75.5 cm³/mol. The quantitative estimate of drug-likeness (QED) is 0.861. The number of nitrogens with one attached hydrogen (secondary N) is 1. The third-order valence-corrected chi connectivity index (χ3v) is 2.37. The van der Waals surface area contributed by atoms with Crippen molar-refractivity contribution in [3.05, 3.63) is 29.8 Å². The molecule has 0 radical (unpaired) electrons. The van der Waals surface area contributed by atoms with Gasteiger partial charge in [0.15, 0.2) is 0 Å². The Morgan fingerprint density at radius 3 is 2.67 bits per heavy atom. The molecule has 0 unspecified atom stereocenters. The van der Waals surface area contributed by atoms with Gasteiger partial charge < -0.3 is 15.8 Å². The number of hydrogen-bond donors (Lipinski definition) is 2. The van der Waals surface area contributed by atoms with Gasteiger partial charge in [0.1, 0.15) is 5.75 Å². The maximum atomic E-state index is 12.0. The second-order valence-corrected chi connectivity index (χ2v) is 4.50. The van der Waals surface area contributed by atoms with Gasteiger partial charge in [-0.2, -0.15) is 0 Å². The molecular formula is C13H21ClN2O2. The Balaban J connectivity index is 0.00000289. The Hall–Kier alpha value is -1.26. The standard InChI is InChI=1S/C13H20N2O2.ClH/c1-4-17-11-7-5-6-10(8-11)12(16)15-13(2,3)9-14;/h5-8H,4,9,14H2,1-3H3,(H,15,16);1H. The van der Waals surface area contributed by atoms with Crippen LogP contribution in [-0.4, -0.2) is 24.6 Å². The Bertz CT molecular complexity index is 394. The van der Waals surface area contributed by atoms with Crippen LogP contribution in [-0.2, 0) is 0 Å². The Kier molecular flexibility index (Phi) is 6.73. The van der Waals surface area contributed by atoms with Crippen molar-refractivity contribution in [3.63, 3.8) is 0 Å². The minimum Gasteiger partial charge on any atom is -0.494 e. The zero-order chi connectivity index (χ0) is 12.9. The number of rotatable bonds is 5. The molecule has 1 aromatic rings. The largest absolute Gasteiger partial charge is 0.494 e. The molecule has 0 aliphatic carbocycles. The molecule has 5 heteroatoms. The fourth-order valence-corrected chi connectivity index (χ4v) is 1.32. The van der Waals surface area contributed by atoms with Crippen molar-refractivity contribution in [2.75, 3.05) is 13.2 Å². The number of halogens is 1. The van der Waals surface area contributed by atoms with E-state index in [-0.39, 0.29) is 18.3 Å². The van der Waals surface area contributed by atoms with Crippen LogP contribution >= 0.6 is 12.4 Å². The van der Waals surface area contributed by atoms with E-state index in [9.17, 15) is 4.79 Å². The summed E-state index contributed by atoms with van der Waals surface area (Å²) in [6, 6.07) is 7.11. The number of benzene rings is 1. The SMILES string of the molecule is CCOc1cccc(C(=O)NC(C)(C)CN)c1.Cl. The molecule has 1 amide bonds. The highest BCUT2D eigenvalue weighted by atomic mass is 35.5. The van der Waals surface area contributed by atoms with Gasteiger partial charge in [-0.3, -0.25) is 4.79 Å². The first kappa shape index (κ1) is 16.7. The highest BCUT2D eigenvalue weighted by Gasteiger charge is 2.19. The summed E-state index contributed by atoms with van der Waals surface area (Å²) in [6.45, 7) is 6.65. The molecule has 0 aliphatic heterocycles. The molecule has 0 heterocycles. The smallest absolute Gasteiger partial charge is 0.251 e. The molecule has 0 aromatic heterocycles. The van der Waals surface area contributed by atoms with Crippen molar-refractivity contribution in [2.45, 2.75) is 26.3 Å². The summed E-state index contributed by atoms with van der Waals surface area (Å²) in [5, 5.41) is 2.87. The lowest BCUT2D eigenvalue weighted by atomic mass is 10.1. The van der Waals surface area contributed by atoms with Gasteiger partial charge in [-0.05, 0) is 39.0 Å². The lowest BCUT2D eigenvalue weighted by molar-refractivity contribution is 0.0915. The van der Waals surface area contributed by atoms with E-state index in [2.05, 4.69) is 5.32 Å². The Labute approximate surface area is 114 Å². The molecule has 0 bridgehead atoms. The third kappa shape index (κ3) is 4.94. The first-order chi connectivity index (χ1) is 7.98. The lowest BCUT2D eigenvalue weighted by Gasteiger charge is -2.24. The summed E-state index contributed by atoms with van der Waals surface area (Å²) >= 11 is 0. The van der Waals surface area contributed by atoms with Crippen molar-refractivity contribution >= 4 is 18.3 Å². The van der Waals surface area contributed by atoms with Crippen molar-refractivity contribution in [3.8, 4) is 5.75 Å². The van der Waals surface area contributed by atoms with Gasteiger partial charge in [-0.15, -0.1) is 12.4 Å². The first-order valence-electron chi connectivity index (χ1n) is 5.74. The average Bonchev–Trinajstić information content (AvgIpc) is 2.29. The molecule has 0 spiro atoms. The maximum absolute atomic E-state index is 12.0. The summed E-state index contributed by atoms with van der Waals surface area (Å²) in [5.74, 6) is 0.563. The normalized spacial score (nSPS) is 10.4. The number of ether oxygens (including phenoxy) is 1. The van der Waals surface area contributed by atoms with Gasteiger partial charge in [0.05, 0.1) is 6.61 Å². The van der Waals surface area contributed by atoms with Crippen LogP contribution in [0.4, 0.5) is 0 Å². The van der Waals surface area contributed by atoms with Crippen molar-refractivity contribution in [2.24, 2.45) is 5.73 Å². The summed E-state index contributed by atoms with van der Waals surface area (Å²) in [4.78, 5) is 12.0. The van der Waals surface area contributed by atoms with Crippen LogP contribution in [0.15, 0.2) is 24.3 Å². The second kappa shape index (κ2) is 7.24. The van der Waals surface area contributed by atoms with Crippen LogP contribution in [0.2, 0.25) is 0 Å². The van der Waals surface area contributed by atoms with E-state index >= 15 is 0 Å². The van der Waals surface area contributed by atoms with Crippen LogP contribution in [0.5, 0.6) is 5.75 Å². The van der Waals surface area contributed by atoms with Gasteiger partial charge in [0.25, 0.3) is 5.91 Å². The number of carbonyl (C=O) groups is 1. The summed E-state index contributed by atoms with van der Waals surface area (Å²) in [6.07, 6.45) is 0. The molecule has 1 rings (SSSR count). The monoisotopic (exact) mass is 272 g/mol. The highest BCUT2D eigenvalue weighted by molar-refractivity contribution is 5.95. The van der Waals surface area contributed by atoms with E-state index in [1.165, 1.54) is 0 Å². The van der Waals surface area contributed by atoms with E-state index in [0.717, 1.165) is 0 Å². The molecule has 0 fully saturated rings. The molecular weight excluding hydrogens is 252 g/mol. The molecule has 0 saturated carbocycles. The molecule has 0 aliphatic rings. The fraction of sp³-hybridized carbons (Fsp3) is 0.462. The van der Waals surface area contributed by atoms with E-state index in [1.54, 1.807) is 18.2 Å². The van der Waals surface area contributed by atoms with E-state index in [1.807, 2.05) is 26.8 Å². The number of hydrogen-bond acceptors (Lipinski definition) is 3. The van der Waals surface area contributed by atoms with Crippen molar-refractivity contribution < 1.29 is 9.53 Å². The summed E-state index contributed by atoms with van der Waals surface area (Å²) in [5.41, 5.74) is 5.75. The fourth-order valence-electron chi connectivity index (χ4n) is 1.32. The number of nitrogens with two attached hydrogens (primary N) is 1. The molecule has 0 saturated heterocycles. The zero-order valence-electron chi connectivity index (χ0n) is 11.0. The van der Waals surface area contributed by atoms with E-state index in [4.69, 9.17) is 10.5 Å². The van der Waals surface area contributed by atoms with Crippen LogP contribution < -0.4 is 15.8 Å². The Morgan fingerprint density at radius 1 is 1.44 bits per heavy atom. The molecule has 3 N–H and O–H groups in total. The van der Waals surface area contributed by atoms with E-state index in [0.29, 0.717) is 24.5 Å². The van der Waals surface area contributed by atoms with Gasteiger partial charge in [-0.25, -0.2) is 0 Å². The average molecular weight is 273 g/mol. The van der Waals surface area contributed by atoms with Gasteiger partial charge >= 0.3 is 0 Å². The first-order valence-corrected chi connectivity index (χ1v) is 5.74. The minimum atomic E-state index is -0.404. The van der Waals surface area contributed by atoms with Crippen LogP contribution in [0.25, 0.3) is 0 Å². The lowest BCUT2D eigenvalue weighted by Crippen LogP contribution is -2.48. The molecule has 0 atom stereocenters. The van der Waals surface area contributed by atoms with Gasteiger partial charge in [0, 0.05) is 17.6 Å². The number of amides is 1. The summed E-state index contributed by atoms with van der Waals surface area (Å²) < 4.78 is 5.35. The topological polar surface area (TPSA) is 64.3 Å². The molecule has 18 heavy (non-hydrogen) atoms.